The highest BCUT2D eigenvalue weighted by Crippen LogP contribution is 2.36. The molecule has 2 atom stereocenters. The average molecular weight is 228 g/mol. The van der Waals surface area contributed by atoms with Gasteiger partial charge in [-0.1, -0.05) is 36.4 Å². The molecule has 1 rings (SSSR count). The van der Waals surface area contributed by atoms with Crippen LogP contribution in [-0.2, 0) is 4.79 Å². The van der Waals surface area contributed by atoms with Gasteiger partial charge in [-0.05, 0) is 5.56 Å². The van der Waals surface area contributed by atoms with Gasteiger partial charge in [0.1, 0.15) is 12.2 Å². The molecule has 0 heterocycles. The number of halogens is 3. The molecule has 0 aliphatic rings. The Kier molecular flexibility index (Phi) is 3.88. The minimum Gasteiger partial charge on any atom is -0.303 e. The van der Waals surface area contributed by atoms with E-state index in [1.54, 1.807) is 30.3 Å². The van der Waals surface area contributed by atoms with Crippen LogP contribution in [0.5, 0.6) is 0 Å². The van der Waals surface area contributed by atoms with Crippen LogP contribution >= 0.6 is 0 Å². The van der Waals surface area contributed by atoms with Gasteiger partial charge in [-0.25, -0.2) is 0 Å². The fraction of sp³-hybridized carbons (Fsp3) is 0.250. The lowest BCUT2D eigenvalue weighted by Gasteiger charge is -2.22. The molecule has 0 amide bonds. The second-order valence-electron chi connectivity index (χ2n) is 3.38. The van der Waals surface area contributed by atoms with Crippen LogP contribution in [0, 0.1) is 5.92 Å². The van der Waals surface area contributed by atoms with Gasteiger partial charge in [-0.3, -0.25) is 0 Å². The predicted octanol–water partition coefficient (Wildman–Crippen LogP) is 3.33. The third kappa shape index (κ3) is 2.72. The van der Waals surface area contributed by atoms with E-state index in [0.29, 0.717) is 5.56 Å². The van der Waals surface area contributed by atoms with Crippen LogP contribution in [0.2, 0.25) is 0 Å². The fourth-order valence-corrected chi connectivity index (χ4v) is 1.53. The Morgan fingerprint density at radius 3 is 2.12 bits per heavy atom. The molecule has 0 radical (unpaired) electrons. The van der Waals surface area contributed by atoms with Crippen molar-refractivity contribution >= 4 is 6.29 Å². The largest absolute Gasteiger partial charge is 0.399 e. The molecule has 0 saturated carbocycles. The van der Waals surface area contributed by atoms with Gasteiger partial charge in [-0.2, -0.15) is 13.2 Å². The molecule has 1 nitrogen and oxygen atoms in total. The van der Waals surface area contributed by atoms with Crippen molar-refractivity contribution in [2.24, 2.45) is 5.92 Å². The van der Waals surface area contributed by atoms with E-state index in [0.717, 1.165) is 6.08 Å². The Bertz CT molecular complexity index is 356. The molecule has 0 bridgehead atoms. The molecule has 4 heteroatoms. The van der Waals surface area contributed by atoms with Crippen molar-refractivity contribution < 1.29 is 18.0 Å². The molecule has 1 aromatic carbocycles. The van der Waals surface area contributed by atoms with Crippen LogP contribution in [0.3, 0.4) is 0 Å². The van der Waals surface area contributed by atoms with Crippen molar-refractivity contribution in [1.29, 1.82) is 0 Å². The quantitative estimate of drug-likeness (QED) is 0.570. The molecule has 0 saturated heterocycles. The summed E-state index contributed by atoms with van der Waals surface area (Å²) in [5.41, 5.74) is 0.437. The van der Waals surface area contributed by atoms with Crippen LogP contribution in [0.15, 0.2) is 43.0 Å². The summed E-state index contributed by atoms with van der Waals surface area (Å²) in [6.45, 7) is 3.36. The zero-order valence-electron chi connectivity index (χ0n) is 8.45. The van der Waals surface area contributed by atoms with Gasteiger partial charge >= 0.3 is 6.18 Å². The van der Waals surface area contributed by atoms with E-state index in [1.807, 2.05) is 0 Å². The molecule has 0 spiro atoms. The number of benzene rings is 1. The van der Waals surface area contributed by atoms with Gasteiger partial charge in [-0.15, -0.1) is 6.58 Å². The zero-order valence-corrected chi connectivity index (χ0v) is 8.45. The molecular weight excluding hydrogens is 217 g/mol. The van der Waals surface area contributed by atoms with Crippen LogP contribution in [0.25, 0.3) is 0 Å². The van der Waals surface area contributed by atoms with E-state index in [1.165, 1.54) is 0 Å². The van der Waals surface area contributed by atoms with Crippen molar-refractivity contribution in [2.45, 2.75) is 12.1 Å². The van der Waals surface area contributed by atoms with Crippen molar-refractivity contribution in [3.05, 3.63) is 48.6 Å². The summed E-state index contributed by atoms with van der Waals surface area (Å²) in [6.07, 6.45) is -3.46. The standard InChI is InChI=1S/C12H11F3O/c1-2-10(9-6-4-3-5-7-9)11(8-16)12(13,14)15/h2-8,10-11H,1H2. The number of hydrogen-bond acceptors (Lipinski definition) is 1. The summed E-state index contributed by atoms with van der Waals surface area (Å²) in [5, 5.41) is 0. The molecule has 86 valence electrons. The first-order valence-corrected chi connectivity index (χ1v) is 4.70. The van der Waals surface area contributed by atoms with Gasteiger partial charge in [0, 0.05) is 5.92 Å². The Morgan fingerprint density at radius 2 is 1.75 bits per heavy atom. The lowest BCUT2D eigenvalue weighted by Crippen LogP contribution is -2.29. The number of aldehydes is 1. The van der Waals surface area contributed by atoms with Gasteiger partial charge in [0.25, 0.3) is 0 Å². The maximum Gasteiger partial charge on any atom is 0.399 e. The minimum atomic E-state index is -4.55. The lowest BCUT2D eigenvalue weighted by atomic mass is 9.86. The summed E-state index contributed by atoms with van der Waals surface area (Å²) in [7, 11) is 0. The molecule has 0 N–H and O–H groups in total. The average Bonchev–Trinajstić information content (AvgIpc) is 2.25. The molecular formula is C12H11F3O. The SMILES string of the molecule is C=CC(c1ccccc1)C(C=O)C(F)(F)F. The lowest BCUT2D eigenvalue weighted by molar-refractivity contribution is -0.176. The maximum atomic E-state index is 12.6. The number of carbonyl (C=O) groups is 1. The van der Waals surface area contributed by atoms with Crippen LogP contribution in [-0.4, -0.2) is 12.5 Å². The molecule has 0 aromatic heterocycles. The van der Waals surface area contributed by atoms with Crippen LogP contribution in [0.4, 0.5) is 13.2 Å². The van der Waals surface area contributed by atoms with Crippen molar-refractivity contribution in [3.8, 4) is 0 Å². The smallest absolute Gasteiger partial charge is 0.303 e. The second-order valence-corrected chi connectivity index (χ2v) is 3.38. The monoisotopic (exact) mass is 228 g/mol. The van der Waals surface area contributed by atoms with E-state index in [-0.39, 0.29) is 6.29 Å². The zero-order chi connectivity index (χ0) is 12.2. The van der Waals surface area contributed by atoms with Crippen molar-refractivity contribution in [1.82, 2.24) is 0 Å². The second kappa shape index (κ2) is 4.96. The number of allylic oxidation sites excluding steroid dienone is 1. The molecule has 0 fully saturated rings. The predicted molar refractivity (Wildman–Crippen MR) is 55.0 cm³/mol. The number of carbonyl (C=O) groups excluding carboxylic acids is 1. The highest BCUT2D eigenvalue weighted by atomic mass is 19.4. The molecule has 0 aliphatic carbocycles. The number of alkyl halides is 3. The third-order valence-electron chi connectivity index (χ3n) is 2.35. The van der Waals surface area contributed by atoms with Gasteiger partial charge in [0.2, 0.25) is 0 Å². The summed E-state index contributed by atoms with van der Waals surface area (Å²) in [4.78, 5) is 10.6. The highest BCUT2D eigenvalue weighted by Gasteiger charge is 2.44. The van der Waals surface area contributed by atoms with E-state index < -0.39 is 18.0 Å². The first-order valence-electron chi connectivity index (χ1n) is 4.70. The first-order chi connectivity index (χ1) is 7.50. The van der Waals surface area contributed by atoms with Crippen molar-refractivity contribution in [2.75, 3.05) is 0 Å². The third-order valence-corrected chi connectivity index (χ3v) is 2.35. The first kappa shape index (κ1) is 12.5. The summed E-state index contributed by atoms with van der Waals surface area (Å²) in [5.74, 6) is -3.06. The Morgan fingerprint density at radius 1 is 1.19 bits per heavy atom. The summed E-state index contributed by atoms with van der Waals surface area (Å²) < 4.78 is 37.7. The Labute approximate surface area is 91.6 Å². The molecule has 2 unspecified atom stereocenters. The Hall–Kier alpha value is -1.58. The summed E-state index contributed by atoms with van der Waals surface area (Å²) >= 11 is 0. The van der Waals surface area contributed by atoms with Crippen LogP contribution in [0.1, 0.15) is 11.5 Å². The van der Waals surface area contributed by atoms with E-state index in [9.17, 15) is 18.0 Å². The minimum absolute atomic E-state index is 0.0701. The van der Waals surface area contributed by atoms with Gasteiger partial charge in [0.15, 0.2) is 0 Å². The molecule has 1 aromatic rings. The maximum absolute atomic E-state index is 12.6. The van der Waals surface area contributed by atoms with Gasteiger partial charge < -0.3 is 4.79 Å². The van der Waals surface area contributed by atoms with E-state index in [4.69, 9.17) is 0 Å². The Balaban J connectivity index is 3.07. The number of rotatable bonds is 4. The van der Waals surface area contributed by atoms with Gasteiger partial charge in [0.05, 0.1) is 0 Å². The van der Waals surface area contributed by atoms with E-state index >= 15 is 0 Å². The highest BCUT2D eigenvalue weighted by molar-refractivity contribution is 5.58. The topological polar surface area (TPSA) is 17.1 Å². The fourth-order valence-electron chi connectivity index (χ4n) is 1.53. The normalized spacial score (nSPS) is 15.2. The summed E-state index contributed by atoms with van der Waals surface area (Å²) in [6, 6.07) is 8.06. The van der Waals surface area contributed by atoms with Crippen LogP contribution < -0.4 is 0 Å². The molecule has 16 heavy (non-hydrogen) atoms. The number of hydrogen-bond donors (Lipinski definition) is 0. The van der Waals surface area contributed by atoms with Crippen molar-refractivity contribution in [3.63, 3.8) is 0 Å². The van der Waals surface area contributed by atoms with E-state index in [2.05, 4.69) is 6.58 Å². The molecule has 0 aliphatic heterocycles.